The van der Waals surface area contributed by atoms with Crippen LogP contribution in [0.1, 0.15) is 45.4 Å². The number of carbonyl (C=O) groups is 3. The van der Waals surface area contributed by atoms with Crippen LogP contribution in [0, 0.1) is 20.8 Å². The Kier molecular flexibility index (Phi) is 6.52. The molecule has 1 saturated heterocycles. The molecule has 1 N–H and O–H groups in total. The number of rotatable bonds is 8. The van der Waals surface area contributed by atoms with E-state index in [1.54, 1.807) is 14.0 Å². The normalized spacial score (nSPS) is 17.6. The van der Waals surface area contributed by atoms with E-state index in [0.29, 0.717) is 17.7 Å². The van der Waals surface area contributed by atoms with Gasteiger partial charge in [-0.05, 0) is 63.4 Å². The van der Waals surface area contributed by atoms with Gasteiger partial charge in [0.1, 0.15) is 11.3 Å². The van der Waals surface area contributed by atoms with Crippen molar-refractivity contribution in [1.29, 1.82) is 0 Å². The first-order valence-electron chi connectivity index (χ1n) is 11.7. The molecule has 0 saturated carbocycles. The molecule has 182 valence electrons. The van der Waals surface area contributed by atoms with Crippen LogP contribution in [-0.2, 0) is 23.3 Å². The number of aromatic nitrogens is 1. The van der Waals surface area contributed by atoms with Crippen molar-refractivity contribution in [2.45, 2.75) is 46.2 Å². The van der Waals surface area contributed by atoms with Crippen LogP contribution in [0.2, 0.25) is 0 Å². The van der Waals surface area contributed by atoms with Gasteiger partial charge in [0.25, 0.3) is 5.91 Å². The molecule has 1 aliphatic heterocycles. The molecule has 7 heteroatoms. The Morgan fingerprint density at radius 1 is 1.00 bits per heavy atom. The van der Waals surface area contributed by atoms with Crippen LogP contribution in [0.4, 0.5) is 4.79 Å². The van der Waals surface area contributed by atoms with Gasteiger partial charge in [-0.1, -0.05) is 42.0 Å². The van der Waals surface area contributed by atoms with E-state index >= 15 is 0 Å². The minimum atomic E-state index is -1.19. The largest absolute Gasteiger partial charge is 0.497 e. The number of Topliss-reactive ketones (excluding diaryl/α,β-unsaturated/α-hetero) is 1. The number of amides is 3. The summed E-state index contributed by atoms with van der Waals surface area (Å²) in [7, 11) is 1.64. The van der Waals surface area contributed by atoms with E-state index in [1.807, 2.05) is 75.4 Å². The minimum absolute atomic E-state index is 0.259. The highest BCUT2D eigenvalue weighted by Gasteiger charge is 2.49. The summed E-state index contributed by atoms with van der Waals surface area (Å²) >= 11 is 0. The average Bonchev–Trinajstić information content (AvgIpc) is 3.25. The summed E-state index contributed by atoms with van der Waals surface area (Å²) in [6.07, 6.45) is 0.801. The fraction of sp³-hybridized carbons (Fsp3) is 0.321. The van der Waals surface area contributed by atoms with Gasteiger partial charge < -0.3 is 14.6 Å². The highest BCUT2D eigenvalue weighted by atomic mass is 16.5. The van der Waals surface area contributed by atoms with E-state index in [9.17, 15) is 14.4 Å². The number of hydrogen-bond donors (Lipinski definition) is 1. The van der Waals surface area contributed by atoms with Crippen LogP contribution in [0.15, 0.2) is 54.6 Å². The number of methoxy groups -OCH3 is 1. The van der Waals surface area contributed by atoms with E-state index in [0.717, 1.165) is 34.0 Å². The molecule has 1 aromatic heterocycles. The van der Waals surface area contributed by atoms with Crippen LogP contribution in [0.5, 0.6) is 5.75 Å². The summed E-state index contributed by atoms with van der Waals surface area (Å²) < 4.78 is 7.31. The van der Waals surface area contributed by atoms with Crippen LogP contribution in [0.25, 0.3) is 0 Å². The maximum Gasteiger partial charge on any atom is 0.325 e. The molecule has 2 heterocycles. The molecule has 2 aromatic carbocycles. The van der Waals surface area contributed by atoms with Crippen molar-refractivity contribution in [2.24, 2.45) is 0 Å². The Labute approximate surface area is 205 Å². The first-order chi connectivity index (χ1) is 16.6. The highest BCUT2D eigenvalue weighted by Crippen LogP contribution is 2.29. The Morgan fingerprint density at radius 3 is 2.29 bits per heavy atom. The number of ketones is 1. The third-order valence-electron chi connectivity index (χ3n) is 6.86. The van der Waals surface area contributed by atoms with E-state index in [2.05, 4.69) is 9.88 Å². The number of nitrogens with one attached hydrogen (secondary N) is 1. The van der Waals surface area contributed by atoms with Crippen LogP contribution >= 0.6 is 0 Å². The molecule has 7 nitrogen and oxygen atoms in total. The lowest BCUT2D eigenvalue weighted by atomic mass is 9.91. The monoisotopic (exact) mass is 473 g/mol. The van der Waals surface area contributed by atoms with E-state index in [-0.39, 0.29) is 12.3 Å². The third-order valence-corrected chi connectivity index (χ3v) is 6.86. The van der Waals surface area contributed by atoms with Gasteiger partial charge in [-0.3, -0.25) is 14.5 Å². The lowest BCUT2D eigenvalue weighted by molar-refractivity contribution is -0.130. The molecule has 0 aliphatic carbocycles. The summed E-state index contributed by atoms with van der Waals surface area (Å²) in [5.41, 5.74) is 4.04. The van der Waals surface area contributed by atoms with Crippen molar-refractivity contribution in [3.05, 3.63) is 88.2 Å². The number of ether oxygens (including phenoxy) is 1. The number of hydrogen-bond acceptors (Lipinski definition) is 4. The molecule has 1 fully saturated rings. The Bertz CT molecular complexity index is 1270. The molecule has 0 spiro atoms. The fourth-order valence-corrected chi connectivity index (χ4v) is 4.61. The molecule has 0 bridgehead atoms. The van der Waals surface area contributed by atoms with Crippen molar-refractivity contribution >= 4 is 17.7 Å². The number of nitrogens with zero attached hydrogens (tertiary/aromatic N) is 2. The van der Waals surface area contributed by atoms with E-state index < -0.39 is 17.5 Å². The molecule has 0 radical (unpaired) electrons. The van der Waals surface area contributed by atoms with Crippen LogP contribution < -0.4 is 10.1 Å². The molecule has 1 aliphatic rings. The predicted molar refractivity (Wildman–Crippen MR) is 134 cm³/mol. The summed E-state index contributed by atoms with van der Waals surface area (Å²) in [5.74, 6) is 0.132. The number of aryl methyl sites for hydroxylation is 3. The fourth-order valence-electron chi connectivity index (χ4n) is 4.61. The maximum absolute atomic E-state index is 13.2. The average molecular weight is 474 g/mol. The molecule has 4 rings (SSSR count). The van der Waals surface area contributed by atoms with Crippen LogP contribution in [-0.4, -0.2) is 40.8 Å². The molecule has 35 heavy (non-hydrogen) atoms. The first kappa shape index (κ1) is 24.3. The quantitative estimate of drug-likeness (QED) is 0.390. The Morgan fingerprint density at radius 2 is 1.66 bits per heavy atom. The number of carbonyl (C=O) groups excluding carboxylic acids is 3. The van der Waals surface area contributed by atoms with Gasteiger partial charge in [0.05, 0.1) is 13.7 Å². The first-order valence-corrected chi connectivity index (χ1v) is 11.7. The van der Waals surface area contributed by atoms with Gasteiger partial charge in [0, 0.05) is 23.5 Å². The van der Waals surface area contributed by atoms with Crippen molar-refractivity contribution in [2.75, 3.05) is 13.7 Å². The van der Waals surface area contributed by atoms with Crippen molar-refractivity contribution in [3.8, 4) is 5.75 Å². The lowest BCUT2D eigenvalue weighted by Crippen LogP contribution is -2.41. The predicted octanol–water partition coefficient (Wildman–Crippen LogP) is 4.31. The number of benzene rings is 2. The molecule has 1 atom stereocenters. The summed E-state index contributed by atoms with van der Waals surface area (Å²) in [5, 5.41) is 2.77. The lowest BCUT2D eigenvalue weighted by Gasteiger charge is -2.22. The summed E-state index contributed by atoms with van der Waals surface area (Å²) in [4.78, 5) is 40.2. The zero-order chi connectivity index (χ0) is 25.3. The summed E-state index contributed by atoms with van der Waals surface area (Å²) in [6.45, 7) is 7.91. The minimum Gasteiger partial charge on any atom is -0.497 e. The van der Waals surface area contributed by atoms with Crippen molar-refractivity contribution < 1.29 is 19.1 Å². The molecule has 3 aromatic rings. The van der Waals surface area contributed by atoms with E-state index in [1.165, 1.54) is 5.56 Å². The second-order valence-corrected chi connectivity index (χ2v) is 9.27. The maximum atomic E-state index is 13.2. The number of urea groups is 1. The Balaban J connectivity index is 1.48. The van der Waals surface area contributed by atoms with E-state index in [4.69, 9.17) is 4.74 Å². The van der Waals surface area contributed by atoms with Gasteiger partial charge in [-0.25, -0.2) is 4.79 Å². The SMILES string of the molecule is COc1ccc(CCn2c(C)cc(C(=O)CN3C(=O)NC(C)(c4ccc(C)cc4)C3=O)c2C)cc1. The van der Waals surface area contributed by atoms with Gasteiger partial charge in [-0.15, -0.1) is 0 Å². The molecule has 1 unspecified atom stereocenters. The van der Waals surface area contributed by atoms with Crippen LogP contribution in [0.3, 0.4) is 0 Å². The second-order valence-electron chi connectivity index (χ2n) is 9.27. The summed E-state index contributed by atoms with van der Waals surface area (Å²) in [6, 6.07) is 16.7. The second kappa shape index (κ2) is 9.41. The zero-order valence-electron chi connectivity index (χ0n) is 20.8. The van der Waals surface area contributed by atoms with Gasteiger partial charge in [0.2, 0.25) is 0 Å². The number of imide groups is 1. The standard InChI is InChI=1S/C28H31N3O4/c1-18-6-10-22(11-7-18)28(4)26(33)31(27(34)29-28)17-25(32)24-16-19(2)30(20(24)3)15-14-21-8-12-23(35-5)13-9-21/h6-13,16H,14-15,17H2,1-5H3,(H,29,34). The third kappa shape index (κ3) is 4.58. The highest BCUT2D eigenvalue weighted by molar-refractivity contribution is 6.11. The molecular weight excluding hydrogens is 442 g/mol. The van der Waals surface area contributed by atoms with Gasteiger partial charge in [-0.2, -0.15) is 0 Å². The Hall–Kier alpha value is -3.87. The van der Waals surface area contributed by atoms with Gasteiger partial charge in [0.15, 0.2) is 5.78 Å². The van der Waals surface area contributed by atoms with Crippen molar-refractivity contribution in [3.63, 3.8) is 0 Å². The molecular formula is C28H31N3O4. The van der Waals surface area contributed by atoms with Gasteiger partial charge >= 0.3 is 6.03 Å². The smallest absolute Gasteiger partial charge is 0.325 e. The molecule has 3 amide bonds. The van der Waals surface area contributed by atoms with Crippen molar-refractivity contribution in [1.82, 2.24) is 14.8 Å². The zero-order valence-corrected chi connectivity index (χ0v) is 20.8. The topological polar surface area (TPSA) is 80.6 Å².